The van der Waals surface area contributed by atoms with Crippen LogP contribution >= 0.6 is 0 Å². The quantitative estimate of drug-likeness (QED) is 0.797. The molecule has 0 aliphatic heterocycles. The molecule has 3 N–H and O–H groups in total. The first-order chi connectivity index (χ1) is 10.8. The molecule has 1 aliphatic carbocycles. The van der Waals surface area contributed by atoms with E-state index >= 15 is 0 Å². The van der Waals surface area contributed by atoms with E-state index in [0.29, 0.717) is 12.2 Å². The lowest BCUT2D eigenvalue weighted by Gasteiger charge is -2.24. The number of hydrogen-bond acceptors (Lipinski definition) is 4. The molecule has 1 atom stereocenters. The number of nitrogens with zero attached hydrogens (tertiary/aromatic N) is 3. The molecule has 2 heterocycles. The molecule has 0 radical (unpaired) electrons. The maximum Gasteiger partial charge on any atom is 0.319 e. The molecule has 0 bridgehead atoms. The zero-order chi connectivity index (χ0) is 15.4. The first-order valence-corrected chi connectivity index (χ1v) is 7.41. The maximum atomic E-state index is 12.1. The van der Waals surface area contributed by atoms with Crippen molar-refractivity contribution in [3.8, 4) is 0 Å². The molecule has 7 heteroatoms. The zero-order valence-electron chi connectivity index (χ0n) is 12.2. The van der Waals surface area contributed by atoms with Crippen molar-refractivity contribution in [3.63, 3.8) is 0 Å². The summed E-state index contributed by atoms with van der Waals surface area (Å²) < 4.78 is 1.82. The molecule has 0 unspecified atom stereocenters. The zero-order valence-corrected chi connectivity index (χ0v) is 12.2. The van der Waals surface area contributed by atoms with E-state index in [9.17, 15) is 4.79 Å². The van der Waals surface area contributed by atoms with Gasteiger partial charge in [0.05, 0.1) is 25.4 Å². The van der Waals surface area contributed by atoms with Crippen molar-refractivity contribution in [2.24, 2.45) is 0 Å². The van der Waals surface area contributed by atoms with Gasteiger partial charge in [-0.05, 0) is 31.4 Å². The fourth-order valence-corrected chi connectivity index (χ4v) is 2.82. The molecule has 0 saturated heterocycles. The molecule has 116 valence electrons. The Morgan fingerprint density at radius 2 is 2.23 bits per heavy atom. The summed E-state index contributed by atoms with van der Waals surface area (Å²) in [6.45, 7) is 0.556. The molecule has 0 fully saturated rings. The number of hydrogen-bond donors (Lipinski definition) is 3. The number of nitrogens with one attached hydrogen (secondary N) is 2. The van der Waals surface area contributed by atoms with Gasteiger partial charge in [0.1, 0.15) is 0 Å². The molecule has 0 saturated carbocycles. The van der Waals surface area contributed by atoms with Gasteiger partial charge in [-0.3, -0.25) is 9.67 Å². The average molecular weight is 301 g/mol. The Balaban J connectivity index is 1.68. The third-order valence-electron chi connectivity index (χ3n) is 3.82. The molecule has 2 amide bonds. The van der Waals surface area contributed by atoms with Crippen LogP contribution in [-0.4, -0.2) is 32.5 Å². The number of urea groups is 1. The lowest BCUT2D eigenvalue weighted by Crippen LogP contribution is -2.34. The van der Waals surface area contributed by atoms with Gasteiger partial charge in [0.2, 0.25) is 0 Å². The van der Waals surface area contributed by atoms with Crippen molar-refractivity contribution in [3.05, 3.63) is 42.0 Å². The first-order valence-electron chi connectivity index (χ1n) is 7.41. The van der Waals surface area contributed by atoms with Gasteiger partial charge in [-0.25, -0.2) is 4.79 Å². The summed E-state index contributed by atoms with van der Waals surface area (Å²) >= 11 is 0. The molecule has 22 heavy (non-hydrogen) atoms. The fourth-order valence-electron chi connectivity index (χ4n) is 2.82. The normalized spacial score (nSPS) is 16.9. The molecule has 0 spiro atoms. The second-order valence-corrected chi connectivity index (χ2v) is 5.27. The van der Waals surface area contributed by atoms with Crippen LogP contribution in [0.25, 0.3) is 0 Å². The van der Waals surface area contributed by atoms with Crippen molar-refractivity contribution in [1.29, 1.82) is 0 Å². The van der Waals surface area contributed by atoms with E-state index in [1.54, 1.807) is 30.7 Å². The predicted octanol–water partition coefficient (Wildman–Crippen LogP) is 1.47. The van der Waals surface area contributed by atoms with Gasteiger partial charge in [0.25, 0.3) is 0 Å². The smallest absolute Gasteiger partial charge is 0.319 e. The third kappa shape index (κ3) is 3.09. The van der Waals surface area contributed by atoms with Crippen LogP contribution in [0.4, 0.5) is 10.5 Å². The van der Waals surface area contributed by atoms with Crippen LogP contribution in [0, 0.1) is 0 Å². The number of aliphatic hydroxyl groups is 1. The van der Waals surface area contributed by atoms with E-state index in [1.807, 2.05) is 4.68 Å². The molecule has 3 rings (SSSR count). The lowest BCUT2D eigenvalue weighted by atomic mass is 9.93. The Kier molecular flexibility index (Phi) is 4.34. The van der Waals surface area contributed by atoms with Crippen LogP contribution < -0.4 is 10.6 Å². The minimum absolute atomic E-state index is 0.0435. The third-order valence-corrected chi connectivity index (χ3v) is 3.82. The van der Waals surface area contributed by atoms with Crippen LogP contribution in [0.5, 0.6) is 0 Å². The second kappa shape index (κ2) is 6.57. The summed E-state index contributed by atoms with van der Waals surface area (Å²) in [5.74, 6) is 0. The maximum absolute atomic E-state index is 12.1. The van der Waals surface area contributed by atoms with Crippen LogP contribution in [-0.2, 0) is 13.0 Å². The van der Waals surface area contributed by atoms with E-state index in [4.69, 9.17) is 5.11 Å². The topological polar surface area (TPSA) is 92.1 Å². The molecule has 1 aliphatic rings. The van der Waals surface area contributed by atoms with Crippen LogP contribution in [0.1, 0.15) is 30.1 Å². The molecule has 2 aromatic heterocycles. The van der Waals surface area contributed by atoms with E-state index in [0.717, 1.165) is 30.5 Å². The standard InChI is InChI=1S/C15H19N5O2/c21-9-8-20-14-3-1-2-13(12(14)10-17-20)19-15(22)18-11-4-6-16-7-5-11/h4-7,10,13,21H,1-3,8-9H2,(H2,16,18,19,22)/t13-/m1/s1. The largest absolute Gasteiger partial charge is 0.394 e. The van der Waals surface area contributed by atoms with E-state index in [-0.39, 0.29) is 18.7 Å². The summed E-state index contributed by atoms with van der Waals surface area (Å²) in [5, 5.41) is 19.2. The number of aromatic nitrogens is 3. The number of amides is 2. The highest BCUT2D eigenvalue weighted by Crippen LogP contribution is 2.29. The summed E-state index contributed by atoms with van der Waals surface area (Å²) in [5.41, 5.74) is 2.86. The number of rotatable bonds is 4. The van der Waals surface area contributed by atoms with E-state index in [1.165, 1.54) is 0 Å². The second-order valence-electron chi connectivity index (χ2n) is 5.27. The van der Waals surface area contributed by atoms with Crippen LogP contribution in [0.15, 0.2) is 30.7 Å². The highest BCUT2D eigenvalue weighted by atomic mass is 16.3. The number of pyridine rings is 1. The van der Waals surface area contributed by atoms with Crippen molar-refractivity contribution in [1.82, 2.24) is 20.1 Å². The van der Waals surface area contributed by atoms with Crippen molar-refractivity contribution >= 4 is 11.7 Å². The average Bonchev–Trinajstić information content (AvgIpc) is 2.93. The van der Waals surface area contributed by atoms with Gasteiger partial charge >= 0.3 is 6.03 Å². The number of anilines is 1. The minimum Gasteiger partial charge on any atom is -0.394 e. The van der Waals surface area contributed by atoms with Crippen molar-refractivity contribution in [2.45, 2.75) is 31.8 Å². The summed E-state index contributed by atoms with van der Waals surface area (Å²) in [7, 11) is 0. The Hall–Kier alpha value is -2.41. The van der Waals surface area contributed by atoms with E-state index in [2.05, 4.69) is 20.7 Å². The van der Waals surface area contributed by atoms with Gasteiger partial charge in [0, 0.05) is 29.3 Å². The number of carbonyl (C=O) groups is 1. The van der Waals surface area contributed by atoms with Crippen molar-refractivity contribution < 1.29 is 9.90 Å². The van der Waals surface area contributed by atoms with Gasteiger partial charge in [0.15, 0.2) is 0 Å². The first kappa shape index (κ1) is 14.5. The molecule has 2 aromatic rings. The Bertz CT molecular complexity index is 641. The monoisotopic (exact) mass is 301 g/mol. The highest BCUT2D eigenvalue weighted by Gasteiger charge is 2.25. The summed E-state index contributed by atoms with van der Waals surface area (Å²) in [4.78, 5) is 16.0. The van der Waals surface area contributed by atoms with Gasteiger partial charge in [-0.15, -0.1) is 0 Å². The molecule has 0 aromatic carbocycles. The molecule has 7 nitrogen and oxygen atoms in total. The van der Waals surface area contributed by atoms with Gasteiger partial charge < -0.3 is 15.7 Å². The molecular weight excluding hydrogens is 282 g/mol. The highest BCUT2D eigenvalue weighted by molar-refractivity contribution is 5.89. The van der Waals surface area contributed by atoms with Crippen LogP contribution in [0.2, 0.25) is 0 Å². The lowest BCUT2D eigenvalue weighted by molar-refractivity contribution is 0.246. The van der Waals surface area contributed by atoms with E-state index < -0.39 is 0 Å². The van der Waals surface area contributed by atoms with Crippen LogP contribution in [0.3, 0.4) is 0 Å². The minimum atomic E-state index is -0.237. The number of fused-ring (bicyclic) bond motifs is 1. The fraction of sp³-hybridized carbons (Fsp3) is 0.400. The van der Waals surface area contributed by atoms with Crippen molar-refractivity contribution in [2.75, 3.05) is 11.9 Å². The predicted molar refractivity (Wildman–Crippen MR) is 81.4 cm³/mol. The summed E-state index contributed by atoms with van der Waals surface area (Å²) in [6, 6.07) is 3.20. The van der Waals surface area contributed by atoms with Gasteiger partial charge in [-0.2, -0.15) is 5.10 Å². The van der Waals surface area contributed by atoms with Gasteiger partial charge in [-0.1, -0.05) is 0 Å². The Morgan fingerprint density at radius 3 is 3.00 bits per heavy atom. The summed E-state index contributed by atoms with van der Waals surface area (Å²) in [6.07, 6.45) is 7.87. The number of aliphatic hydroxyl groups excluding tert-OH is 1. The SMILES string of the molecule is O=C(Nc1ccncc1)N[C@@H]1CCCc2c1cnn2CCO. The Morgan fingerprint density at radius 1 is 1.41 bits per heavy atom. The Labute approximate surface area is 128 Å². The molecular formula is C15H19N5O2. The number of carbonyl (C=O) groups excluding carboxylic acids is 1.